The van der Waals surface area contributed by atoms with Gasteiger partial charge in [-0.05, 0) is 37.9 Å². The summed E-state index contributed by atoms with van der Waals surface area (Å²) < 4.78 is 13.5. The first-order valence-electron chi connectivity index (χ1n) is 5.12. The van der Waals surface area contributed by atoms with Gasteiger partial charge in [0.1, 0.15) is 5.67 Å². The van der Waals surface area contributed by atoms with Crippen molar-refractivity contribution in [2.45, 2.75) is 32.0 Å². The molecule has 84 valence electrons. The first-order valence-corrected chi connectivity index (χ1v) is 5.12. The van der Waals surface area contributed by atoms with Crippen LogP contribution in [0.15, 0.2) is 24.3 Å². The third-order valence-corrected chi connectivity index (χ3v) is 2.42. The van der Waals surface area contributed by atoms with Crippen LogP contribution in [0.3, 0.4) is 0 Å². The average molecular weight is 211 g/mol. The Hall–Kier alpha value is -0.930. The van der Waals surface area contributed by atoms with Crippen molar-refractivity contribution in [3.63, 3.8) is 0 Å². The molecule has 0 spiro atoms. The third-order valence-electron chi connectivity index (χ3n) is 2.42. The van der Waals surface area contributed by atoms with Gasteiger partial charge in [0.25, 0.3) is 0 Å². The Morgan fingerprint density at radius 1 is 1.33 bits per heavy atom. The maximum Gasteiger partial charge on any atom is 0.130 e. The minimum atomic E-state index is -1.34. The van der Waals surface area contributed by atoms with Crippen molar-refractivity contribution in [1.29, 1.82) is 0 Å². The standard InChI is InChI=1S/C12H18FNO/c1-12(2,13)10-5-3-9(4-6-10)11(15)7-8-14/h3-6,11,15H,7-8,14H2,1-2H3. The molecule has 0 aliphatic heterocycles. The summed E-state index contributed by atoms with van der Waals surface area (Å²) in [5.74, 6) is 0. The van der Waals surface area contributed by atoms with Crippen LogP contribution in [0.1, 0.15) is 37.5 Å². The minimum absolute atomic E-state index is 0.442. The van der Waals surface area contributed by atoms with E-state index < -0.39 is 11.8 Å². The molecule has 0 aromatic heterocycles. The number of benzene rings is 1. The van der Waals surface area contributed by atoms with Gasteiger partial charge in [0.05, 0.1) is 6.10 Å². The van der Waals surface area contributed by atoms with Crippen LogP contribution in [0.5, 0.6) is 0 Å². The van der Waals surface area contributed by atoms with Crippen LogP contribution >= 0.6 is 0 Å². The van der Waals surface area contributed by atoms with E-state index in [4.69, 9.17) is 5.73 Å². The second kappa shape index (κ2) is 4.73. The summed E-state index contributed by atoms with van der Waals surface area (Å²) >= 11 is 0. The Bertz CT molecular complexity index is 302. The molecule has 3 N–H and O–H groups in total. The predicted molar refractivity (Wildman–Crippen MR) is 59.2 cm³/mol. The van der Waals surface area contributed by atoms with Crippen LogP contribution < -0.4 is 5.73 Å². The van der Waals surface area contributed by atoms with Crippen molar-refractivity contribution < 1.29 is 9.50 Å². The molecule has 15 heavy (non-hydrogen) atoms. The molecular weight excluding hydrogens is 193 g/mol. The van der Waals surface area contributed by atoms with E-state index >= 15 is 0 Å². The molecule has 0 aliphatic carbocycles. The van der Waals surface area contributed by atoms with Crippen molar-refractivity contribution in [3.8, 4) is 0 Å². The topological polar surface area (TPSA) is 46.2 Å². The lowest BCUT2D eigenvalue weighted by atomic mass is 9.97. The summed E-state index contributed by atoms with van der Waals surface area (Å²) in [5.41, 5.74) is 5.41. The number of alkyl halides is 1. The van der Waals surface area contributed by atoms with Gasteiger partial charge in [-0.25, -0.2) is 4.39 Å². The molecule has 0 heterocycles. The van der Waals surface area contributed by atoms with E-state index in [2.05, 4.69) is 0 Å². The van der Waals surface area contributed by atoms with Gasteiger partial charge in [-0.15, -0.1) is 0 Å². The zero-order valence-electron chi connectivity index (χ0n) is 9.20. The van der Waals surface area contributed by atoms with Crippen LogP contribution in [-0.2, 0) is 5.67 Å². The van der Waals surface area contributed by atoms with Crippen molar-refractivity contribution >= 4 is 0 Å². The first kappa shape index (κ1) is 12.1. The first-order chi connectivity index (χ1) is 6.95. The Morgan fingerprint density at radius 3 is 2.27 bits per heavy atom. The zero-order valence-corrected chi connectivity index (χ0v) is 9.20. The highest BCUT2D eigenvalue weighted by molar-refractivity contribution is 5.27. The molecule has 2 nitrogen and oxygen atoms in total. The number of aliphatic hydroxyl groups is 1. The fourth-order valence-electron chi connectivity index (χ4n) is 1.43. The van der Waals surface area contributed by atoms with E-state index in [1.165, 1.54) is 13.8 Å². The van der Waals surface area contributed by atoms with Gasteiger partial charge >= 0.3 is 0 Å². The van der Waals surface area contributed by atoms with Crippen LogP contribution in [0.4, 0.5) is 4.39 Å². The lowest BCUT2D eigenvalue weighted by molar-refractivity contribution is 0.170. The van der Waals surface area contributed by atoms with Gasteiger partial charge in [-0.3, -0.25) is 0 Å². The summed E-state index contributed by atoms with van der Waals surface area (Å²) in [7, 11) is 0. The van der Waals surface area contributed by atoms with Gasteiger partial charge < -0.3 is 10.8 Å². The Balaban J connectivity index is 2.81. The molecule has 1 unspecified atom stereocenters. The number of hydrogen-bond donors (Lipinski definition) is 2. The normalized spacial score (nSPS) is 13.9. The summed E-state index contributed by atoms with van der Waals surface area (Å²) in [4.78, 5) is 0. The number of aliphatic hydroxyl groups excluding tert-OH is 1. The Morgan fingerprint density at radius 2 is 1.87 bits per heavy atom. The van der Waals surface area contributed by atoms with E-state index in [9.17, 15) is 9.50 Å². The van der Waals surface area contributed by atoms with Crippen molar-refractivity contribution in [3.05, 3.63) is 35.4 Å². The zero-order chi connectivity index (χ0) is 11.5. The van der Waals surface area contributed by atoms with Gasteiger partial charge in [-0.1, -0.05) is 24.3 Å². The second-order valence-electron chi connectivity index (χ2n) is 4.19. The molecule has 0 bridgehead atoms. The highest BCUT2D eigenvalue weighted by Gasteiger charge is 2.18. The van der Waals surface area contributed by atoms with E-state index in [1.807, 2.05) is 0 Å². The fraction of sp³-hybridized carbons (Fsp3) is 0.500. The molecule has 0 fully saturated rings. The second-order valence-corrected chi connectivity index (χ2v) is 4.19. The lowest BCUT2D eigenvalue weighted by Crippen LogP contribution is -2.10. The Kier molecular flexibility index (Phi) is 3.83. The smallest absolute Gasteiger partial charge is 0.130 e. The molecule has 0 saturated heterocycles. The average Bonchev–Trinajstić information content (AvgIpc) is 2.17. The number of nitrogens with two attached hydrogens (primary N) is 1. The highest BCUT2D eigenvalue weighted by atomic mass is 19.1. The monoisotopic (exact) mass is 211 g/mol. The molecule has 3 heteroatoms. The molecular formula is C12H18FNO. The van der Waals surface area contributed by atoms with E-state index in [0.717, 1.165) is 5.56 Å². The minimum Gasteiger partial charge on any atom is -0.388 e. The Labute approximate surface area is 89.9 Å². The molecule has 0 aliphatic rings. The molecule has 0 radical (unpaired) electrons. The summed E-state index contributed by atoms with van der Waals surface area (Å²) in [6.45, 7) is 3.47. The maximum atomic E-state index is 13.5. The SMILES string of the molecule is CC(C)(F)c1ccc(C(O)CCN)cc1. The van der Waals surface area contributed by atoms with E-state index in [0.29, 0.717) is 18.5 Å². The van der Waals surface area contributed by atoms with Crippen LogP contribution in [0.2, 0.25) is 0 Å². The summed E-state index contributed by atoms with van der Waals surface area (Å²) in [6, 6.07) is 6.90. The lowest BCUT2D eigenvalue weighted by Gasteiger charge is -2.16. The maximum absolute atomic E-state index is 13.5. The summed E-state index contributed by atoms with van der Waals surface area (Å²) in [6.07, 6.45) is -0.0231. The molecule has 0 amide bonds. The van der Waals surface area contributed by atoms with Gasteiger partial charge in [0, 0.05) is 0 Å². The largest absolute Gasteiger partial charge is 0.388 e. The van der Waals surface area contributed by atoms with Gasteiger partial charge in [0.2, 0.25) is 0 Å². The van der Waals surface area contributed by atoms with E-state index in [-0.39, 0.29) is 0 Å². The fourth-order valence-corrected chi connectivity index (χ4v) is 1.43. The molecule has 1 atom stereocenters. The van der Waals surface area contributed by atoms with Crippen LogP contribution in [-0.4, -0.2) is 11.7 Å². The van der Waals surface area contributed by atoms with Gasteiger partial charge in [-0.2, -0.15) is 0 Å². The number of halogens is 1. The summed E-state index contributed by atoms with van der Waals surface area (Å²) in [5, 5.41) is 9.64. The van der Waals surface area contributed by atoms with Crippen molar-refractivity contribution in [2.24, 2.45) is 5.73 Å². The van der Waals surface area contributed by atoms with Gasteiger partial charge in [0.15, 0.2) is 0 Å². The number of hydrogen-bond acceptors (Lipinski definition) is 2. The molecule has 1 rings (SSSR count). The molecule has 0 saturated carbocycles. The number of rotatable bonds is 4. The molecule has 1 aromatic rings. The third kappa shape index (κ3) is 3.29. The highest BCUT2D eigenvalue weighted by Crippen LogP contribution is 2.26. The van der Waals surface area contributed by atoms with Crippen molar-refractivity contribution in [2.75, 3.05) is 6.54 Å². The predicted octanol–water partition coefficient (Wildman–Crippen LogP) is 2.27. The van der Waals surface area contributed by atoms with Crippen LogP contribution in [0, 0.1) is 0 Å². The quantitative estimate of drug-likeness (QED) is 0.802. The molecule has 1 aromatic carbocycles. The van der Waals surface area contributed by atoms with E-state index in [1.54, 1.807) is 24.3 Å². The van der Waals surface area contributed by atoms with Crippen molar-refractivity contribution in [1.82, 2.24) is 0 Å². The van der Waals surface area contributed by atoms with Crippen LogP contribution in [0.25, 0.3) is 0 Å².